The first-order valence-electron chi connectivity index (χ1n) is 4.96. The molecular formula is C13H13O. The normalized spacial score (nSPS) is 13.0. The predicted octanol–water partition coefficient (Wildman–Crippen LogP) is 3.72. The van der Waals surface area contributed by atoms with Crippen LogP contribution in [0.1, 0.15) is 25.0 Å². The summed E-state index contributed by atoms with van der Waals surface area (Å²) in [5.74, 6) is 0. The molecule has 2 aromatic rings. The van der Waals surface area contributed by atoms with Gasteiger partial charge in [-0.1, -0.05) is 43.3 Å². The number of benzene rings is 2. The fourth-order valence-corrected chi connectivity index (χ4v) is 1.64. The van der Waals surface area contributed by atoms with Gasteiger partial charge in [-0.25, -0.2) is 5.11 Å². The molecule has 0 N–H and O–H groups in total. The number of hydrogen-bond donors (Lipinski definition) is 0. The Morgan fingerprint density at radius 2 is 1.79 bits per heavy atom. The van der Waals surface area contributed by atoms with E-state index >= 15 is 0 Å². The molecule has 2 rings (SSSR count). The molecule has 0 aromatic heterocycles. The Balaban J connectivity index is 2.51. The van der Waals surface area contributed by atoms with E-state index in [0.29, 0.717) is 6.42 Å². The van der Waals surface area contributed by atoms with Gasteiger partial charge < -0.3 is 0 Å². The predicted molar refractivity (Wildman–Crippen MR) is 57.7 cm³/mol. The van der Waals surface area contributed by atoms with Gasteiger partial charge >= 0.3 is 0 Å². The van der Waals surface area contributed by atoms with E-state index in [9.17, 15) is 5.11 Å². The Hall–Kier alpha value is -1.34. The molecule has 1 atom stereocenters. The first-order chi connectivity index (χ1) is 6.81. The number of fused-ring (bicyclic) bond motifs is 1. The van der Waals surface area contributed by atoms with Crippen molar-refractivity contribution < 1.29 is 5.11 Å². The second-order valence-electron chi connectivity index (χ2n) is 3.50. The number of rotatable bonds is 2. The summed E-state index contributed by atoms with van der Waals surface area (Å²) in [6.07, 6.45) is 0.0674. The van der Waals surface area contributed by atoms with Crippen LogP contribution in [0, 0.1) is 0 Å². The Kier molecular flexibility index (Phi) is 2.51. The molecule has 0 heterocycles. The molecule has 0 aliphatic carbocycles. The van der Waals surface area contributed by atoms with Crippen LogP contribution < -0.4 is 0 Å². The minimum absolute atomic E-state index is 0.584. The minimum Gasteiger partial charge on any atom is -0.228 e. The van der Waals surface area contributed by atoms with E-state index in [2.05, 4.69) is 6.07 Å². The van der Waals surface area contributed by atoms with E-state index in [1.165, 1.54) is 5.39 Å². The molecule has 2 aromatic carbocycles. The van der Waals surface area contributed by atoms with Gasteiger partial charge in [-0.05, 0) is 28.8 Å². The molecule has 0 aliphatic rings. The van der Waals surface area contributed by atoms with Crippen LogP contribution in [0.2, 0.25) is 0 Å². The lowest BCUT2D eigenvalue weighted by Gasteiger charge is -2.06. The Labute approximate surface area is 84.0 Å². The van der Waals surface area contributed by atoms with Crippen molar-refractivity contribution >= 4 is 10.8 Å². The van der Waals surface area contributed by atoms with Crippen LogP contribution >= 0.6 is 0 Å². The monoisotopic (exact) mass is 185 g/mol. The highest BCUT2D eigenvalue weighted by Crippen LogP contribution is 2.22. The molecular weight excluding hydrogens is 172 g/mol. The average molecular weight is 185 g/mol. The molecule has 0 spiro atoms. The molecule has 1 heteroatoms. The molecule has 0 bridgehead atoms. The maximum absolute atomic E-state index is 11.5. The van der Waals surface area contributed by atoms with Crippen molar-refractivity contribution in [2.45, 2.75) is 19.4 Å². The van der Waals surface area contributed by atoms with Gasteiger partial charge in [0.2, 0.25) is 0 Å². The van der Waals surface area contributed by atoms with Crippen LogP contribution in [0.15, 0.2) is 42.5 Å². The van der Waals surface area contributed by atoms with Crippen molar-refractivity contribution in [3.05, 3.63) is 48.0 Å². The molecule has 0 fully saturated rings. The lowest BCUT2D eigenvalue weighted by molar-refractivity contribution is 0.0858. The third kappa shape index (κ3) is 1.64. The van der Waals surface area contributed by atoms with Gasteiger partial charge in [0.05, 0.1) is 0 Å². The van der Waals surface area contributed by atoms with E-state index in [0.717, 1.165) is 10.9 Å². The Bertz CT molecular complexity index is 434. The average Bonchev–Trinajstić information content (AvgIpc) is 2.27. The summed E-state index contributed by atoms with van der Waals surface area (Å²) in [7, 11) is 0. The van der Waals surface area contributed by atoms with Gasteiger partial charge in [0, 0.05) is 0 Å². The molecule has 0 aliphatic heterocycles. The van der Waals surface area contributed by atoms with Crippen molar-refractivity contribution in [2.24, 2.45) is 0 Å². The summed E-state index contributed by atoms with van der Waals surface area (Å²) >= 11 is 0. The largest absolute Gasteiger partial charge is 0.228 e. The zero-order valence-corrected chi connectivity index (χ0v) is 8.23. The van der Waals surface area contributed by atoms with Gasteiger partial charge in [0.25, 0.3) is 0 Å². The zero-order chi connectivity index (χ0) is 9.97. The summed E-state index contributed by atoms with van der Waals surface area (Å²) in [4.78, 5) is 0. The van der Waals surface area contributed by atoms with Crippen LogP contribution in [0.4, 0.5) is 0 Å². The third-order valence-electron chi connectivity index (χ3n) is 2.52. The SMILES string of the molecule is CCC([O])c1ccc2ccccc2c1. The van der Waals surface area contributed by atoms with Crippen LogP contribution in [0.3, 0.4) is 0 Å². The molecule has 0 amide bonds. The Morgan fingerprint density at radius 3 is 2.50 bits per heavy atom. The minimum atomic E-state index is -0.584. The Morgan fingerprint density at radius 1 is 1.07 bits per heavy atom. The lowest BCUT2D eigenvalue weighted by atomic mass is 10.0. The highest BCUT2D eigenvalue weighted by atomic mass is 16.3. The second kappa shape index (κ2) is 3.81. The summed E-state index contributed by atoms with van der Waals surface area (Å²) in [6, 6.07) is 14.1. The highest BCUT2D eigenvalue weighted by Gasteiger charge is 2.06. The van der Waals surface area contributed by atoms with Crippen LogP contribution in [-0.4, -0.2) is 0 Å². The lowest BCUT2D eigenvalue weighted by Crippen LogP contribution is -1.92. The molecule has 1 radical (unpaired) electrons. The zero-order valence-electron chi connectivity index (χ0n) is 8.23. The first kappa shape index (κ1) is 9.22. The smallest absolute Gasteiger partial charge is 0.118 e. The topological polar surface area (TPSA) is 19.9 Å². The van der Waals surface area contributed by atoms with Gasteiger partial charge in [-0.2, -0.15) is 0 Å². The molecule has 1 unspecified atom stereocenters. The maximum Gasteiger partial charge on any atom is 0.118 e. The van der Waals surface area contributed by atoms with Crippen molar-refractivity contribution in [3.8, 4) is 0 Å². The molecule has 71 valence electrons. The first-order valence-corrected chi connectivity index (χ1v) is 4.96. The maximum atomic E-state index is 11.5. The van der Waals surface area contributed by atoms with Crippen molar-refractivity contribution in [2.75, 3.05) is 0 Å². The molecule has 14 heavy (non-hydrogen) atoms. The third-order valence-corrected chi connectivity index (χ3v) is 2.52. The fraction of sp³-hybridized carbons (Fsp3) is 0.231. The second-order valence-corrected chi connectivity index (χ2v) is 3.50. The van der Waals surface area contributed by atoms with Crippen molar-refractivity contribution in [1.29, 1.82) is 0 Å². The summed E-state index contributed by atoms with van der Waals surface area (Å²) < 4.78 is 0. The summed E-state index contributed by atoms with van der Waals surface area (Å²) in [5.41, 5.74) is 0.895. The van der Waals surface area contributed by atoms with Gasteiger partial charge in [-0.3, -0.25) is 0 Å². The highest BCUT2D eigenvalue weighted by molar-refractivity contribution is 5.83. The molecule has 0 saturated heterocycles. The quantitative estimate of drug-likeness (QED) is 0.679. The van der Waals surface area contributed by atoms with Crippen molar-refractivity contribution in [1.82, 2.24) is 0 Å². The number of hydrogen-bond acceptors (Lipinski definition) is 0. The summed E-state index contributed by atoms with van der Waals surface area (Å²) in [5, 5.41) is 13.9. The molecule has 0 saturated carbocycles. The van der Waals surface area contributed by atoms with E-state index in [1.54, 1.807) is 0 Å². The van der Waals surface area contributed by atoms with Crippen LogP contribution in [0.25, 0.3) is 10.8 Å². The van der Waals surface area contributed by atoms with E-state index in [-0.39, 0.29) is 0 Å². The van der Waals surface area contributed by atoms with Crippen LogP contribution in [0.5, 0.6) is 0 Å². The van der Waals surface area contributed by atoms with Crippen LogP contribution in [-0.2, 0) is 5.11 Å². The van der Waals surface area contributed by atoms with Gasteiger partial charge in [0.1, 0.15) is 6.10 Å². The van der Waals surface area contributed by atoms with Crippen molar-refractivity contribution in [3.63, 3.8) is 0 Å². The van der Waals surface area contributed by atoms with E-state index in [1.807, 2.05) is 43.3 Å². The fourth-order valence-electron chi connectivity index (χ4n) is 1.64. The van der Waals surface area contributed by atoms with E-state index in [4.69, 9.17) is 0 Å². The van der Waals surface area contributed by atoms with Gasteiger partial charge in [-0.15, -0.1) is 0 Å². The van der Waals surface area contributed by atoms with E-state index < -0.39 is 6.10 Å². The molecule has 1 nitrogen and oxygen atoms in total. The summed E-state index contributed by atoms with van der Waals surface area (Å²) in [6.45, 7) is 1.92. The standard InChI is InChI=1S/C13H13O/c1-2-13(14)12-8-7-10-5-3-4-6-11(10)9-12/h3-9,13H,2H2,1H3. The van der Waals surface area contributed by atoms with Gasteiger partial charge in [0.15, 0.2) is 0 Å².